The van der Waals surface area contributed by atoms with Crippen LogP contribution in [-0.2, 0) is 4.74 Å². The Labute approximate surface area is 172 Å². The number of nitrogens with one attached hydrogen (secondary N) is 2. The van der Waals surface area contributed by atoms with Crippen LogP contribution in [0.3, 0.4) is 0 Å². The first-order valence-corrected chi connectivity index (χ1v) is 8.82. The number of hydrogen-bond acceptors (Lipinski definition) is 4. The van der Waals surface area contributed by atoms with Gasteiger partial charge < -0.3 is 25.2 Å². The molecular weight excluding hydrogens is 452 g/mol. The molecule has 0 aromatic heterocycles. The SMILES string of the molecule is CCNC(=NCC(O)COc1ccc(F)cc1)NCCCCOCC.I. The van der Waals surface area contributed by atoms with Gasteiger partial charge in [0.2, 0.25) is 0 Å². The predicted molar refractivity (Wildman–Crippen MR) is 113 cm³/mol. The van der Waals surface area contributed by atoms with Crippen LogP contribution in [0.4, 0.5) is 4.39 Å². The van der Waals surface area contributed by atoms with Gasteiger partial charge in [-0.3, -0.25) is 4.99 Å². The summed E-state index contributed by atoms with van der Waals surface area (Å²) < 4.78 is 23.5. The number of nitrogens with zero attached hydrogens (tertiary/aromatic N) is 1. The second-order valence-corrected chi connectivity index (χ2v) is 5.47. The Bertz CT molecular complexity index is 489. The van der Waals surface area contributed by atoms with Gasteiger partial charge in [-0.2, -0.15) is 0 Å². The van der Waals surface area contributed by atoms with Gasteiger partial charge in [-0.1, -0.05) is 0 Å². The number of aliphatic hydroxyl groups is 1. The molecule has 0 aliphatic rings. The van der Waals surface area contributed by atoms with E-state index in [-0.39, 0.29) is 42.9 Å². The minimum absolute atomic E-state index is 0. The number of ether oxygens (including phenoxy) is 2. The highest BCUT2D eigenvalue weighted by molar-refractivity contribution is 14.0. The lowest BCUT2D eigenvalue weighted by atomic mass is 10.3. The zero-order chi connectivity index (χ0) is 18.3. The average Bonchev–Trinajstić information content (AvgIpc) is 2.62. The van der Waals surface area contributed by atoms with Crippen LogP contribution in [0.1, 0.15) is 26.7 Å². The Morgan fingerprint density at radius 1 is 1.19 bits per heavy atom. The fourth-order valence-corrected chi connectivity index (χ4v) is 1.99. The topological polar surface area (TPSA) is 75.1 Å². The number of aliphatic hydroxyl groups excluding tert-OH is 1. The largest absolute Gasteiger partial charge is 0.491 e. The summed E-state index contributed by atoms with van der Waals surface area (Å²) in [6.45, 7) is 7.34. The molecule has 0 aliphatic heterocycles. The van der Waals surface area contributed by atoms with Gasteiger partial charge in [-0.05, 0) is 51.0 Å². The maximum Gasteiger partial charge on any atom is 0.191 e. The van der Waals surface area contributed by atoms with Crippen molar-refractivity contribution in [1.82, 2.24) is 10.6 Å². The van der Waals surface area contributed by atoms with E-state index in [9.17, 15) is 9.50 Å². The molecule has 0 heterocycles. The number of benzene rings is 1. The number of rotatable bonds is 12. The van der Waals surface area contributed by atoms with Gasteiger partial charge in [0.15, 0.2) is 5.96 Å². The molecule has 0 amide bonds. The summed E-state index contributed by atoms with van der Waals surface area (Å²) in [4.78, 5) is 4.35. The summed E-state index contributed by atoms with van der Waals surface area (Å²) in [5.41, 5.74) is 0. The zero-order valence-corrected chi connectivity index (χ0v) is 17.9. The van der Waals surface area contributed by atoms with Crippen LogP contribution in [0.5, 0.6) is 5.75 Å². The number of aliphatic imine (C=N–C) groups is 1. The van der Waals surface area contributed by atoms with Gasteiger partial charge in [-0.25, -0.2) is 4.39 Å². The zero-order valence-electron chi connectivity index (χ0n) is 15.5. The summed E-state index contributed by atoms with van der Waals surface area (Å²) in [6.07, 6.45) is 1.24. The lowest BCUT2D eigenvalue weighted by molar-refractivity contribution is 0.114. The van der Waals surface area contributed by atoms with E-state index in [0.29, 0.717) is 11.7 Å². The Kier molecular flexibility index (Phi) is 15.4. The monoisotopic (exact) mass is 483 g/mol. The molecule has 0 spiro atoms. The minimum Gasteiger partial charge on any atom is -0.491 e. The molecule has 0 saturated heterocycles. The van der Waals surface area contributed by atoms with Gasteiger partial charge in [0.1, 0.15) is 24.3 Å². The van der Waals surface area contributed by atoms with Crippen LogP contribution in [0.2, 0.25) is 0 Å². The Morgan fingerprint density at radius 3 is 2.58 bits per heavy atom. The Balaban J connectivity index is 0.00000625. The van der Waals surface area contributed by atoms with E-state index in [4.69, 9.17) is 9.47 Å². The van der Waals surface area contributed by atoms with E-state index in [1.54, 1.807) is 0 Å². The predicted octanol–water partition coefficient (Wildman–Crippen LogP) is 2.56. The second kappa shape index (κ2) is 16.1. The minimum atomic E-state index is -0.738. The number of unbranched alkanes of at least 4 members (excludes halogenated alkanes) is 1. The van der Waals surface area contributed by atoms with Crippen LogP contribution in [0, 0.1) is 5.82 Å². The first-order chi connectivity index (χ1) is 12.2. The van der Waals surface area contributed by atoms with E-state index < -0.39 is 6.10 Å². The lowest BCUT2D eigenvalue weighted by Crippen LogP contribution is -2.38. The molecule has 3 N–H and O–H groups in total. The number of halogens is 2. The molecule has 1 aromatic rings. The quantitative estimate of drug-likeness (QED) is 0.185. The van der Waals surface area contributed by atoms with E-state index in [1.165, 1.54) is 24.3 Å². The van der Waals surface area contributed by atoms with Crippen molar-refractivity contribution < 1.29 is 19.0 Å². The van der Waals surface area contributed by atoms with Gasteiger partial charge in [0.05, 0.1) is 6.54 Å². The number of guanidine groups is 1. The molecular formula is C18H31FIN3O3. The standard InChI is InChI=1S/C18H30FN3O3.HI/c1-3-20-18(21-11-5-6-12-24-4-2)22-13-16(23)14-25-17-9-7-15(19)8-10-17;/h7-10,16,23H,3-6,11-14H2,1-2H3,(H2,20,21,22);1H. The van der Waals surface area contributed by atoms with Crippen LogP contribution in [-0.4, -0.2) is 56.6 Å². The van der Waals surface area contributed by atoms with Gasteiger partial charge in [0, 0.05) is 26.3 Å². The molecule has 1 unspecified atom stereocenters. The van der Waals surface area contributed by atoms with Gasteiger partial charge in [-0.15, -0.1) is 24.0 Å². The smallest absolute Gasteiger partial charge is 0.191 e. The van der Waals surface area contributed by atoms with Crippen LogP contribution in [0.15, 0.2) is 29.3 Å². The van der Waals surface area contributed by atoms with E-state index in [2.05, 4.69) is 15.6 Å². The van der Waals surface area contributed by atoms with Crippen molar-refractivity contribution in [3.05, 3.63) is 30.1 Å². The maximum absolute atomic E-state index is 12.8. The molecule has 150 valence electrons. The van der Waals surface area contributed by atoms with Crippen molar-refractivity contribution in [3.8, 4) is 5.75 Å². The van der Waals surface area contributed by atoms with Crippen LogP contribution in [0.25, 0.3) is 0 Å². The summed E-state index contributed by atoms with van der Waals surface area (Å²) in [6, 6.07) is 5.69. The summed E-state index contributed by atoms with van der Waals surface area (Å²) >= 11 is 0. The molecule has 0 radical (unpaired) electrons. The molecule has 1 rings (SSSR count). The van der Waals surface area contributed by atoms with Crippen LogP contribution < -0.4 is 15.4 Å². The third kappa shape index (κ3) is 12.3. The molecule has 1 aromatic carbocycles. The molecule has 26 heavy (non-hydrogen) atoms. The van der Waals surface area contributed by atoms with Crippen molar-refractivity contribution in [3.63, 3.8) is 0 Å². The summed E-state index contributed by atoms with van der Waals surface area (Å²) in [5.74, 6) is 0.864. The Hall–Kier alpha value is -1.13. The Morgan fingerprint density at radius 2 is 1.92 bits per heavy atom. The van der Waals surface area contributed by atoms with Crippen molar-refractivity contribution in [2.75, 3.05) is 39.5 Å². The summed E-state index contributed by atoms with van der Waals surface area (Å²) in [7, 11) is 0. The van der Waals surface area contributed by atoms with Gasteiger partial charge in [0.25, 0.3) is 0 Å². The van der Waals surface area contributed by atoms with Crippen molar-refractivity contribution in [2.24, 2.45) is 4.99 Å². The fraction of sp³-hybridized carbons (Fsp3) is 0.611. The highest BCUT2D eigenvalue weighted by atomic mass is 127. The van der Waals surface area contributed by atoms with E-state index in [0.717, 1.165) is 39.1 Å². The molecule has 1 atom stereocenters. The van der Waals surface area contributed by atoms with Crippen molar-refractivity contribution in [2.45, 2.75) is 32.8 Å². The first kappa shape index (κ1) is 24.9. The highest BCUT2D eigenvalue weighted by Crippen LogP contribution is 2.11. The molecule has 0 aliphatic carbocycles. The third-order valence-corrected chi connectivity index (χ3v) is 3.27. The van der Waals surface area contributed by atoms with Crippen LogP contribution >= 0.6 is 24.0 Å². The van der Waals surface area contributed by atoms with Gasteiger partial charge >= 0.3 is 0 Å². The van der Waals surface area contributed by atoms with E-state index >= 15 is 0 Å². The molecule has 6 nitrogen and oxygen atoms in total. The molecule has 8 heteroatoms. The molecule has 0 saturated carbocycles. The molecule has 0 bridgehead atoms. The molecule has 0 fully saturated rings. The fourth-order valence-electron chi connectivity index (χ4n) is 1.99. The average molecular weight is 483 g/mol. The van der Waals surface area contributed by atoms with Crippen molar-refractivity contribution >= 4 is 29.9 Å². The second-order valence-electron chi connectivity index (χ2n) is 5.47. The van der Waals surface area contributed by atoms with Crippen molar-refractivity contribution in [1.29, 1.82) is 0 Å². The number of hydrogen-bond donors (Lipinski definition) is 3. The third-order valence-electron chi connectivity index (χ3n) is 3.27. The normalized spacial score (nSPS) is 12.2. The summed E-state index contributed by atoms with van der Waals surface area (Å²) in [5, 5.41) is 16.3. The van der Waals surface area contributed by atoms with E-state index in [1.807, 2.05) is 13.8 Å². The maximum atomic E-state index is 12.8. The first-order valence-electron chi connectivity index (χ1n) is 8.82. The highest BCUT2D eigenvalue weighted by Gasteiger charge is 2.06. The lowest BCUT2D eigenvalue weighted by Gasteiger charge is -2.14.